The Morgan fingerprint density at radius 2 is 1.77 bits per heavy atom. The minimum Gasteiger partial charge on any atom is -0.497 e. The molecule has 0 spiro atoms. The summed E-state index contributed by atoms with van der Waals surface area (Å²) in [5.74, 6) is 2.32. The number of ketones is 1. The molecule has 0 radical (unpaired) electrons. The number of rotatable bonds is 3. The third-order valence-corrected chi connectivity index (χ3v) is 5.44. The van der Waals surface area contributed by atoms with Gasteiger partial charge in [0, 0.05) is 5.69 Å². The number of hydrogen-bond acceptors (Lipinski definition) is 5. The smallest absolute Gasteiger partial charge is 0.231 e. The highest BCUT2D eigenvalue weighted by atomic mass is 16.5. The highest BCUT2D eigenvalue weighted by Gasteiger charge is 2.33. The van der Waals surface area contributed by atoms with Gasteiger partial charge in [-0.3, -0.25) is 4.79 Å². The first-order chi connectivity index (χ1) is 14.6. The molecule has 5 heteroatoms. The van der Waals surface area contributed by atoms with E-state index in [1.54, 1.807) is 19.3 Å². The van der Waals surface area contributed by atoms with Gasteiger partial charge in [-0.25, -0.2) is 0 Å². The van der Waals surface area contributed by atoms with E-state index in [4.69, 9.17) is 14.2 Å². The number of methoxy groups -OCH3 is 1. The first kappa shape index (κ1) is 18.3. The van der Waals surface area contributed by atoms with Crippen LogP contribution in [-0.2, 0) is 6.54 Å². The number of Topliss-reactive ketones (excluding diaryl/α,β-unsaturated/α-hetero) is 1. The van der Waals surface area contributed by atoms with Gasteiger partial charge in [-0.05, 0) is 55.0 Å². The molecule has 2 aliphatic rings. The molecule has 0 N–H and O–H groups in total. The summed E-state index contributed by atoms with van der Waals surface area (Å²) in [5.41, 5.74) is 4.62. The molecule has 150 valence electrons. The Balaban J connectivity index is 1.46. The number of allylic oxidation sites excluding steroid dienone is 1. The lowest BCUT2D eigenvalue weighted by Crippen LogP contribution is -2.32. The van der Waals surface area contributed by atoms with Crippen LogP contribution in [0.25, 0.3) is 6.08 Å². The Bertz CT molecular complexity index is 1150. The van der Waals surface area contributed by atoms with Crippen LogP contribution < -0.4 is 19.1 Å². The van der Waals surface area contributed by atoms with Gasteiger partial charge in [-0.2, -0.15) is 0 Å². The summed E-state index contributed by atoms with van der Waals surface area (Å²) >= 11 is 0. The van der Waals surface area contributed by atoms with Gasteiger partial charge in [0.1, 0.15) is 17.2 Å². The summed E-state index contributed by atoms with van der Waals surface area (Å²) < 4.78 is 17.2. The van der Waals surface area contributed by atoms with E-state index in [1.807, 2.05) is 30.3 Å². The fourth-order valence-corrected chi connectivity index (χ4v) is 3.73. The Morgan fingerprint density at radius 3 is 2.50 bits per heavy atom. The summed E-state index contributed by atoms with van der Waals surface area (Å²) in [6.07, 6.45) is 1.76. The molecule has 0 aromatic heterocycles. The predicted octanol–water partition coefficient (Wildman–Crippen LogP) is 4.98. The third-order valence-electron chi connectivity index (χ3n) is 5.44. The molecule has 0 atom stereocenters. The maximum Gasteiger partial charge on any atom is 0.231 e. The number of aryl methyl sites for hydroxylation is 1. The van der Waals surface area contributed by atoms with Crippen LogP contribution in [0.5, 0.6) is 17.2 Å². The summed E-state index contributed by atoms with van der Waals surface area (Å²) in [6.45, 7) is 3.14. The number of ether oxygens (including phenoxy) is 3. The molecule has 3 aromatic rings. The molecular weight excluding hydrogens is 378 g/mol. The zero-order valence-corrected chi connectivity index (χ0v) is 16.8. The second-order valence-corrected chi connectivity index (χ2v) is 7.44. The van der Waals surface area contributed by atoms with Gasteiger partial charge < -0.3 is 19.1 Å². The van der Waals surface area contributed by atoms with E-state index in [2.05, 4.69) is 36.1 Å². The second-order valence-electron chi connectivity index (χ2n) is 7.44. The molecule has 30 heavy (non-hydrogen) atoms. The van der Waals surface area contributed by atoms with Crippen molar-refractivity contribution in [3.8, 4) is 17.2 Å². The first-order valence-electron chi connectivity index (χ1n) is 9.81. The van der Waals surface area contributed by atoms with Crippen LogP contribution >= 0.6 is 0 Å². The minimum absolute atomic E-state index is 0.115. The molecule has 5 nitrogen and oxygen atoms in total. The number of carbonyl (C=O) groups excluding carboxylic acids is 1. The lowest BCUT2D eigenvalue weighted by Gasteiger charge is -2.31. The van der Waals surface area contributed by atoms with E-state index >= 15 is 0 Å². The van der Waals surface area contributed by atoms with Gasteiger partial charge in [-0.1, -0.05) is 29.8 Å². The van der Waals surface area contributed by atoms with Crippen molar-refractivity contribution in [2.75, 3.05) is 18.7 Å². The lowest BCUT2D eigenvalue weighted by atomic mass is 10.0. The maximum atomic E-state index is 12.9. The van der Waals surface area contributed by atoms with Gasteiger partial charge >= 0.3 is 0 Å². The van der Waals surface area contributed by atoms with Crippen LogP contribution in [-0.4, -0.2) is 19.6 Å². The quantitative estimate of drug-likeness (QED) is 0.582. The Kier molecular flexibility index (Phi) is 4.43. The van der Waals surface area contributed by atoms with Crippen molar-refractivity contribution < 1.29 is 19.0 Å². The predicted molar refractivity (Wildman–Crippen MR) is 115 cm³/mol. The maximum absolute atomic E-state index is 12.9. The third kappa shape index (κ3) is 3.18. The van der Waals surface area contributed by atoms with Crippen LogP contribution in [0.3, 0.4) is 0 Å². The first-order valence-corrected chi connectivity index (χ1v) is 9.81. The van der Waals surface area contributed by atoms with Crippen molar-refractivity contribution >= 4 is 17.5 Å². The summed E-state index contributed by atoms with van der Waals surface area (Å²) in [7, 11) is 1.62. The van der Waals surface area contributed by atoms with Gasteiger partial charge in [0.15, 0.2) is 12.5 Å². The van der Waals surface area contributed by atoms with Crippen molar-refractivity contribution in [2.24, 2.45) is 0 Å². The van der Waals surface area contributed by atoms with Crippen LogP contribution in [0, 0.1) is 6.92 Å². The summed E-state index contributed by atoms with van der Waals surface area (Å²) in [4.78, 5) is 15.1. The van der Waals surface area contributed by atoms with Gasteiger partial charge in [0.25, 0.3) is 0 Å². The number of fused-ring (bicyclic) bond motifs is 3. The van der Waals surface area contributed by atoms with Gasteiger partial charge in [0.05, 0.1) is 24.8 Å². The highest BCUT2D eigenvalue weighted by molar-refractivity contribution is 6.15. The molecular formula is C25H21NO4. The largest absolute Gasteiger partial charge is 0.497 e. The zero-order valence-electron chi connectivity index (χ0n) is 16.8. The van der Waals surface area contributed by atoms with E-state index in [9.17, 15) is 4.79 Å². The summed E-state index contributed by atoms with van der Waals surface area (Å²) in [6, 6.07) is 19.5. The fourth-order valence-electron chi connectivity index (χ4n) is 3.73. The molecule has 2 aliphatic heterocycles. The van der Waals surface area contributed by atoms with Crippen molar-refractivity contribution in [3.05, 3.63) is 88.7 Å². The van der Waals surface area contributed by atoms with E-state index in [0.717, 1.165) is 28.3 Å². The molecule has 3 aromatic carbocycles. The number of carbonyl (C=O) groups is 1. The standard InChI is InChI=1S/C25H21NO4/c1-16-3-7-18(8-4-16)26-14-21-22(29-15-26)12-11-20-24(27)23(30-25(20)21)13-17-5-9-19(28-2)10-6-17/h3-13H,14-15H2,1-2H3/b23-13-. The topological polar surface area (TPSA) is 48.0 Å². The van der Waals surface area contributed by atoms with Crippen LogP contribution in [0.1, 0.15) is 27.0 Å². The molecule has 0 aliphatic carbocycles. The molecule has 0 saturated heterocycles. The van der Waals surface area contributed by atoms with Crippen molar-refractivity contribution in [3.63, 3.8) is 0 Å². The van der Waals surface area contributed by atoms with Gasteiger partial charge in [-0.15, -0.1) is 0 Å². The number of anilines is 1. The van der Waals surface area contributed by atoms with Crippen molar-refractivity contribution in [1.82, 2.24) is 0 Å². The fraction of sp³-hybridized carbons (Fsp3) is 0.160. The average Bonchev–Trinajstić information content (AvgIpc) is 3.10. The normalized spacial score (nSPS) is 16.0. The van der Waals surface area contributed by atoms with E-state index in [0.29, 0.717) is 30.3 Å². The van der Waals surface area contributed by atoms with Gasteiger partial charge in [0.2, 0.25) is 5.78 Å². The average molecular weight is 399 g/mol. The molecule has 0 amide bonds. The SMILES string of the molecule is COc1ccc(/C=C2\Oc3c(ccc4c3CN(c3ccc(C)cc3)CO4)C2=O)cc1. The molecule has 0 bridgehead atoms. The molecule has 2 heterocycles. The number of nitrogens with zero attached hydrogens (tertiary/aromatic N) is 1. The Labute approximate surface area is 175 Å². The molecule has 0 unspecified atom stereocenters. The van der Waals surface area contributed by atoms with Crippen LogP contribution in [0.2, 0.25) is 0 Å². The van der Waals surface area contributed by atoms with Crippen LogP contribution in [0.4, 0.5) is 5.69 Å². The highest BCUT2D eigenvalue weighted by Crippen LogP contribution is 2.42. The molecule has 0 saturated carbocycles. The zero-order chi connectivity index (χ0) is 20.7. The van der Waals surface area contributed by atoms with E-state index in [1.165, 1.54) is 5.56 Å². The molecule has 0 fully saturated rings. The monoisotopic (exact) mass is 399 g/mol. The Hall–Kier alpha value is -3.73. The van der Waals surface area contributed by atoms with E-state index < -0.39 is 0 Å². The number of hydrogen-bond donors (Lipinski definition) is 0. The summed E-state index contributed by atoms with van der Waals surface area (Å²) in [5, 5.41) is 0. The second kappa shape index (κ2) is 7.26. The van der Waals surface area contributed by atoms with Crippen LogP contribution in [0.15, 0.2) is 66.4 Å². The Morgan fingerprint density at radius 1 is 1.00 bits per heavy atom. The van der Waals surface area contributed by atoms with E-state index in [-0.39, 0.29) is 5.78 Å². The lowest BCUT2D eigenvalue weighted by molar-refractivity contribution is 0.101. The van der Waals surface area contributed by atoms with Crippen molar-refractivity contribution in [1.29, 1.82) is 0 Å². The number of benzene rings is 3. The minimum atomic E-state index is -0.115. The van der Waals surface area contributed by atoms with Crippen molar-refractivity contribution in [2.45, 2.75) is 13.5 Å². The molecule has 5 rings (SSSR count).